The minimum atomic E-state index is -0.271. The SMILES string of the molecule is Cc1cc(C(=O)Nc2cccc(Cl)c2)nc(NC2CCCC2)n1. The van der Waals surface area contributed by atoms with Crippen LogP contribution in [0.3, 0.4) is 0 Å². The van der Waals surface area contributed by atoms with E-state index in [2.05, 4.69) is 20.6 Å². The Bertz CT molecular complexity index is 713. The number of halogens is 1. The van der Waals surface area contributed by atoms with E-state index in [1.807, 2.05) is 6.92 Å². The van der Waals surface area contributed by atoms with Gasteiger partial charge in [0.05, 0.1) is 0 Å². The largest absolute Gasteiger partial charge is 0.351 e. The van der Waals surface area contributed by atoms with Crippen molar-refractivity contribution in [2.45, 2.75) is 38.6 Å². The van der Waals surface area contributed by atoms with Crippen molar-refractivity contribution >= 4 is 29.1 Å². The number of amides is 1. The number of aromatic nitrogens is 2. The predicted octanol–water partition coefficient (Wildman–Crippen LogP) is 4.05. The number of carbonyl (C=O) groups is 1. The number of nitrogens with zero attached hydrogens (tertiary/aromatic N) is 2. The second kappa shape index (κ2) is 6.96. The molecule has 6 heteroatoms. The Hall–Kier alpha value is -2.14. The molecule has 0 atom stereocenters. The number of anilines is 2. The van der Waals surface area contributed by atoms with E-state index in [0.717, 1.165) is 18.5 Å². The zero-order valence-electron chi connectivity index (χ0n) is 13.0. The summed E-state index contributed by atoms with van der Waals surface area (Å²) in [6, 6.07) is 9.12. The molecule has 1 aromatic heterocycles. The van der Waals surface area contributed by atoms with E-state index in [-0.39, 0.29) is 5.91 Å². The van der Waals surface area contributed by atoms with Gasteiger partial charge in [0.15, 0.2) is 0 Å². The molecule has 1 saturated carbocycles. The zero-order chi connectivity index (χ0) is 16.2. The second-order valence-electron chi connectivity index (χ2n) is 5.81. The monoisotopic (exact) mass is 330 g/mol. The molecule has 5 nitrogen and oxygen atoms in total. The van der Waals surface area contributed by atoms with Crippen LogP contribution >= 0.6 is 11.6 Å². The highest BCUT2D eigenvalue weighted by Crippen LogP contribution is 2.21. The summed E-state index contributed by atoms with van der Waals surface area (Å²) < 4.78 is 0. The Labute approximate surface area is 140 Å². The van der Waals surface area contributed by atoms with Crippen molar-refractivity contribution in [3.63, 3.8) is 0 Å². The molecule has 2 N–H and O–H groups in total. The van der Waals surface area contributed by atoms with Crippen molar-refractivity contribution < 1.29 is 4.79 Å². The van der Waals surface area contributed by atoms with E-state index in [9.17, 15) is 4.79 Å². The molecule has 0 saturated heterocycles. The summed E-state index contributed by atoms with van der Waals surface area (Å²) in [5.41, 5.74) is 1.75. The van der Waals surface area contributed by atoms with Crippen LogP contribution in [0.5, 0.6) is 0 Å². The molecule has 1 aliphatic carbocycles. The molecule has 0 aliphatic heterocycles. The van der Waals surface area contributed by atoms with Crippen LogP contribution in [0.4, 0.5) is 11.6 Å². The summed E-state index contributed by atoms with van der Waals surface area (Å²) in [6.45, 7) is 1.86. The van der Waals surface area contributed by atoms with Gasteiger partial charge in [-0.25, -0.2) is 9.97 Å². The standard InChI is InChI=1S/C17H19ClN4O/c1-11-9-15(16(23)20-14-8-4-5-12(18)10-14)22-17(19-11)21-13-6-2-3-7-13/h4-5,8-10,13H,2-3,6-7H2,1H3,(H,20,23)(H,19,21,22). The lowest BCUT2D eigenvalue weighted by molar-refractivity contribution is 0.102. The van der Waals surface area contributed by atoms with Gasteiger partial charge in [0.1, 0.15) is 5.69 Å². The van der Waals surface area contributed by atoms with E-state index in [0.29, 0.717) is 28.4 Å². The number of hydrogen-bond donors (Lipinski definition) is 2. The number of hydrogen-bond acceptors (Lipinski definition) is 4. The van der Waals surface area contributed by atoms with Crippen LogP contribution in [-0.4, -0.2) is 21.9 Å². The fourth-order valence-corrected chi connectivity index (χ4v) is 2.95. The molecule has 120 valence electrons. The molecular weight excluding hydrogens is 312 g/mol. The van der Waals surface area contributed by atoms with Gasteiger partial charge in [-0.15, -0.1) is 0 Å². The summed E-state index contributed by atoms with van der Waals surface area (Å²) in [5, 5.41) is 6.71. The smallest absolute Gasteiger partial charge is 0.274 e. The third-order valence-electron chi connectivity index (χ3n) is 3.86. The van der Waals surface area contributed by atoms with Crippen molar-refractivity contribution in [2.75, 3.05) is 10.6 Å². The van der Waals surface area contributed by atoms with E-state index in [1.54, 1.807) is 30.3 Å². The topological polar surface area (TPSA) is 66.9 Å². The summed E-state index contributed by atoms with van der Waals surface area (Å²) in [7, 11) is 0. The number of rotatable bonds is 4. The maximum atomic E-state index is 12.4. The highest BCUT2D eigenvalue weighted by molar-refractivity contribution is 6.30. The van der Waals surface area contributed by atoms with Gasteiger partial charge in [0, 0.05) is 22.4 Å². The first-order valence-electron chi connectivity index (χ1n) is 7.79. The summed E-state index contributed by atoms with van der Waals surface area (Å²) in [4.78, 5) is 21.1. The van der Waals surface area contributed by atoms with Crippen LogP contribution in [0.2, 0.25) is 5.02 Å². The molecule has 0 bridgehead atoms. The lowest BCUT2D eigenvalue weighted by Crippen LogP contribution is -2.20. The summed E-state index contributed by atoms with van der Waals surface area (Å²) in [6.07, 6.45) is 4.71. The quantitative estimate of drug-likeness (QED) is 0.887. The Morgan fingerprint density at radius 2 is 2.00 bits per heavy atom. The van der Waals surface area contributed by atoms with Crippen LogP contribution in [0.15, 0.2) is 30.3 Å². The molecule has 3 rings (SSSR count). The molecule has 23 heavy (non-hydrogen) atoms. The Morgan fingerprint density at radius 3 is 2.74 bits per heavy atom. The van der Waals surface area contributed by atoms with Gasteiger partial charge in [0.2, 0.25) is 5.95 Å². The molecule has 0 unspecified atom stereocenters. The van der Waals surface area contributed by atoms with Gasteiger partial charge >= 0.3 is 0 Å². The van der Waals surface area contributed by atoms with Crippen LogP contribution in [-0.2, 0) is 0 Å². The number of benzene rings is 1. The lowest BCUT2D eigenvalue weighted by atomic mass is 10.2. The fraction of sp³-hybridized carbons (Fsp3) is 0.353. The fourth-order valence-electron chi connectivity index (χ4n) is 2.76. The third-order valence-corrected chi connectivity index (χ3v) is 4.09. The first-order valence-corrected chi connectivity index (χ1v) is 8.17. The highest BCUT2D eigenvalue weighted by Gasteiger charge is 2.17. The number of nitrogens with one attached hydrogen (secondary N) is 2. The summed E-state index contributed by atoms with van der Waals surface area (Å²) >= 11 is 5.93. The minimum absolute atomic E-state index is 0.271. The normalized spacial score (nSPS) is 14.7. The average Bonchev–Trinajstić information content (AvgIpc) is 2.99. The Morgan fingerprint density at radius 1 is 1.22 bits per heavy atom. The maximum absolute atomic E-state index is 12.4. The highest BCUT2D eigenvalue weighted by atomic mass is 35.5. The van der Waals surface area contributed by atoms with Gasteiger partial charge < -0.3 is 10.6 Å². The van der Waals surface area contributed by atoms with E-state index in [1.165, 1.54) is 12.8 Å². The molecule has 0 spiro atoms. The van der Waals surface area contributed by atoms with E-state index < -0.39 is 0 Å². The van der Waals surface area contributed by atoms with Crippen molar-refractivity contribution in [3.8, 4) is 0 Å². The first-order chi connectivity index (χ1) is 11.1. The van der Waals surface area contributed by atoms with Crippen LogP contribution < -0.4 is 10.6 Å². The molecule has 1 amide bonds. The van der Waals surface area contributed by atoms with Crippen molar-refractivity contribution in [1.82, 2.24) is 9.97 Å². The molecule has 1 fully saturated rings. The van der Waals surface area contributed by atoms with Gasteiger partial charge in [-0.2, -0.15) is 0 Å². The van der Waals surface area contributed by atoms with Crippen LogP contribution in [0.25, 0.3) is 0 Å². The van der Waals surface area contributed by atoms with Crippen molar-refractivity contribution in [3.05, 3.63) is 46.7 Å². The maximum Gasteiger partial charge on any atom is 0.274 e. The Balaban J connectivity index is 1.75. The Kier molecular flexibility index (Phi) is 4.76. The molecule has 1 aromatic carbocycles. The third kappa shape index (κ3) is 4.20. The van der Waals surface area contributed by atoms with Crippen molar-refractivity contribution in [2.24, 2.45) is 0 Å². The van der Waals surface area contributed by atoms with Crippen LogP contribution in [0, 0.1) is 6.92 Å². The molecular formula is C17H19ClN4O. The predicted molar refractivity (Wildman–Crippen MR) is 92.1 cm³/mol. The minimum Gasteiger partial charge on any atom is -0.351 e. The molecule has 1 heterocycles. The van der Waals surface area contributed by atoms with Gasteiger partial charge in [-0.3, -0.25) is 4.79 Å². The first kappa shape index (κ1) is 15.7. The summed E-state index contributed by atoms with van der Waals surface area (Å²) in [5.74, 6) is 0.250. The van der Waals surface area contributed by atoms with Gasteiger partial charge in [0.25, 0.3) is 5.91 Å². The molecule has 2 aromatic rings. The van der Waals surface area contributed by atoms with E-state index >= 15 is 0 Å². The number of carbonyl (C=O) groups excluding carboxylic acids is 1. The zero-order valence-corrected chi connectivity index (χ0v) is 13.7. The molecule has 1 aliphatic rings. The second-order valence-corrected chi connectivity index (χ2v) is 6.24. The molecule has 0 radical (unpaired) electrons. The average molecular weight is 331 g/mol. The van der Waals surface area contributed by atoms with Crippen LogP contribution in [0.1, 0.15) is 41.9 Å². The van der Waals surface area contributed by atoms with Gasteiger partial charge in [-0.1, -0.05) is 30.5 Å². The van der Waals surface area contributed by atoms with Gasteiger partial charge in [-0.05, 0) is 44.0 Å². The number of aryl methyl sites for hydroxylation is 1. The van der Waals surface area contributed by atoms with E-state index in [4.69, 9.17) is 11.6 Å². The van der Waals surface area contributed by atoms with Crippen molar-refractivity contribution in [1.29, 1.82) is 0 Å². The lowest BCUT2D eigenvalue weighted by Gasteiger charge is -2.13.